The molecule has 8 heteroatoms. The lowest BCUT2D eigenvalue weighted by atomic mass is 10.3. The summed E-state index contributed by atoms with van der Waals surface area (Å²) in [5.74, 6) is -0.117. The summed E-state index contributed by atoms with van der Waals surface area (Å²) in [5.41, 5.74) is 0.957. The molecular weight excluding hydrogens is 300 g/mol. The molecule has 1 unspecified atom stereocenters. The van der Waals surface area contributed by atoms with Crippen LogP contribution in [-0.2, 0) is 14.7 Å². The maximum absolute atomic E-state index is 11.5. The molecule has 0 bridgehead atoms. The van der Waals surface area contributed by atoms with Crippen LogP contribution in [0.4, 0.5) is 10.5 Å². The van der Waals surface area contributed by atoms with Gasteiger partial charge >= 0.3 is 6.09 Å². The van der Waals surface area contributed by atoms with Crippen molar-refractivity contribution in [3.05, 3.63) is 30.3 Å². The van der Waals surface area contributed by atoms with E-state index in [0.29, 0.717) is 11.4 Å². The van der Waals surface area contributed by atoms with Gasteiger partial charge in [-0.2, -0.15) is 11.8 Å². The Morgan fingerprint density at radius 1 is 1.40 bits per heavy atom. The van der Waals surface area contributed by atoms with E-state index in [9.17, 15) is 13.2 Å². The van der Waals surface area contributed by atoms with Crippen molar-refractivity contribution in [1.29, 1.82) is 0 Å². The SMILES string of the molecule is CSC1CS(=O)(=O)CC1=NOC(=O)Nc1ccccc1. The third-order valence-corrected chi connectivity index (χ3v) is 5.49. The van der Waals surface area contributed by atoms with Gasteiger partial charge in [-0.3, -0.25) is 10.2 Å². The molecule has 6 nitrogen and oxygen atoms in total. The molecule has 1 amide bonds. The zero-order valence-corrected chi connectivity index (χ0v) is 12.4. The van der Waals surface area contributed by atoms with Crippen LogP contribution < -0.4 is 5.32 Å². The fourth-order valence-electron chi connectivity index (χ4n) is 1.76. The molecule has 1 aromatic carbocycles. The van der Waals surface area contributed by atoms with Crippen molar-refractivity contribution in [2.75, 3.05) is 23.1 Å². The number of nitrogens with zero attached hydrogens (tertiary/aromatic N) is 1. The number of rotatable bonds is 3. The third kappa shape index (κ3) is 3.97. The zero-order valence-electron chi connectivity index (χ0n) is 10.8. The first kappa shape index (κ1) is 14.9. The van der Waals surface area contributed by atoms with Gasteiger partial charge in [-0.1, -0.05) is 23.4 Å². The van der Waals surface area contributed by atoms with E-state index in [1.54, 1.807) is 30.5 Å². The van der Waals surface area contributed by atoms with Crippen LogP contribution in [0.2, 0.25) is 0 Å². The van der Waals surface area contributed by atoms with Gasteiger partial charge in [0.1, 0.15) is 0 Å². The first-order valence-corrected chi connectivity index (χ1v) is 8.94. The summed E-state index contributed by atoms with van der Waals surface area (Å²) < 4.78 is 23.0. The van der Waals surface area contributed by atoms with E-state index in [4.69, 9.17) is 4.84 Å². The standard InChI is InChI=1S/C12H14N2O4S2/c1-19-11-8-20(16,17)7-10(11)14-18-12(15)13-9-5-3-2-4-6-9/h2-6,11H,7-8H2,1H3,(H,13,15). The third-order valence-electron chi connectivity index (χ3n) is 2.70. The minimum absolute atomic E-state index is 0.0384. The Morgan fingerprint density at radius 2 is 2.10 bits per heavy atom. The highest BCUT2D eigenvalue weighted by molar-refractivity contribution is 8.02. The van der Waals surface area contributed by atoms with E-state index in [-0.39, 0.29) is 16.8 Å². The first-order chi connectivity index (χ1) is 9.50. The number of carbonyl (C=O) groups is 1. The molecule has 1 atom stereocenters. The highest BCUT2D eigenvalue weighted by Crippen LogP contribution is 2.20. The number of sulfone groups is 1. The maximum atomic E-state index is 11.5. The van der Waals surface area contributed by atoms with Crippen LogP contribution in [0, 0.1) is 0 Å². The van der Waals surface area contributed by atoms with Crippen molar-refractivity contribution >= 4 is 39.1 Å². The number of nitrogens with one attached hydrogen (secondary N) is 1. The number of amides is 1. The maximum Gasteiger partial charge on any atom is 0.437 e. The first-order valence-electron chi connectivity index (χ1n) is 5.83. The number of anilines is 1. The fraction of sp³-hybridized carbons (Fsp3) is 0.333. The Balaban J connectivity index is 1.97. The van der Waals surface area contributed by atoms with Crippen LogP contribution in [0.1, 0.15) is 0 Å². The Morgan fingerprint density at radius 3 is 2.75 bits per heavy atom. The van der Waals surface area contributed by atoms with Crippen LogP contribution in [0.25, 0.3) is 0 Å². The molecule has 1 fully saturated rings. The average molecular weight is 314 g/mol. The summed E-state index contributed by atoms with van der Waals surface area (Å²) >= 11 is 1.38. The van der Waals surface area contributed by atoms with Crippen LogP contribution >= 0.6 is 11.8 Å². The molecule has 1 aliphatic rings. The van der Waals surface area contributed by atoms with Crippen molar-refractivity contribution in [1.82, 2.24) is 0 Å². The largest absolute Gasteiger partial charge is 0.437 e. The fourth-order valence-corrected chi connectivity index (χ4v) is 4.90. The molecule has 1 heterocycles. The van der Waals surface area contributed by atoms with Gasteiger partial charge in [0.15, 0.2) is 9.84 Å². The number of hydrogen-bond donors (Lipinski definition) is 1. The average Bonchev–Trinajstić information content (AvgIpc) is 2.72. The van der Waals surface area contributed by atoms with Gasteiger partial charge in [-0.15, -0.1) is 0 Å². The molecule has 20 heavy (non-hydrogen) atoms. The Labute approximate surface area is 121 Å². The molecule has 0 aliphatic carbocycles. The van der Waals surface area contributed by atoms with E-state index in [2.05, 4.69) is 10.5 Å². The van der Waals surface area contributed by atoms with Crippen LogP contribution in [0.15, 0.2) is 35.5 Å². The number of para-hydroxylation sites is 1. The summed E-state index contributed by atoms with van der Waals surface area (Å²) in [6.07, 6.45) is 1.05. The highest BCUT2D eigenvalue weighted by atomic mass is 32.2. The second-order valence-corrected chi connectivity index (χ2v) is 7.38. The number of thioether (sulfide) groups is 1. The van der Waals surface area contributed by atoms with E-state index >= 15 is 0 Å². The molecule has 0 radical (unpaired) electrons. The van der Waals surface area contributed by atoms with Crippen molar-refractivity contribution in [3.8, 4) is 0 Å². The molecule has 1 aromatic rings. The van der Waals surface area contributed by atoms with Crippen LogP contribution in [-0.4, -0.2) is 43.2 Å². The summed E-state index contributed by atoms with van der Waals surface area (Å²) in [6, 6.07) is 8.78. The van der Waals surface area contributed by atoms with Gasteiger partial charge in [-0.05, 0) is 18.4 Å². The van der Waals surface area contributed by atoms with Crippen molar-refractivity contribution in [2.45, 2.75) is 5.25 Å². The van der Waals surface area contributed by atoms with E-state index < -0.39 is 15.9 Å². The molecular formula is C12H14N2O4S2. The Hall–Kier alpha value is -1.54. The van der Waals surface area contributed by atoms with Crippen molar-refractivity contribution < 1.29 is 18.0 Å². The normalized spacial score (nSPS) is 22.6. The Kier molecular flexibility index (Phi) is 4.66. The number of carbonyl (C=O) groups excluding carboxylic acids is 1. The minimum Gasteiger partial charge on any atom is -0.298 e. The van der Waals surface area contributed by atoms with Gasteiger partial charge in [-0.25, -0.2) is 13.2 Å². The summed E-state index contributed by atoms with van der Waals surface area (Å²) in [7, 11) is -3.13. The van der Waals surface area contributed by atoms with Crippen molar-refractivity contribution in [3.63, 3.8) is 0 Å². The molecule has 0 aromatic heterocycles. The van der Waals surface area contributed by atoms with E-state index in [0.717, 1.165) is 0 Å². The monoisotopic (exact) mass is 314 g/mol. The molecule has 0 saturated carbocycles. The van der Waals surface area contributed by atoms with Gasteiger partial charge in [0.05, 0.1) is 22.5 Å². The highest BCUT2D eigenvalue weighted by Gasteiger charge is 2.34. The van der Waals surface area contributed by atoms with Crippen molar-refractivity contribution in [2.24, 2.45) is 5.16 Å². The molecule has 1 saturated heterocycles. The predicted molar refractivity (Wildman–Crippen MR) is 79.9 cm³/mol. The van der Waals surface area contributed by atoms with E-state index in [1.807, 2.05) is 6.07 Å². The second kappa shape index (κ2) is 6.27. The lowest BCUT2D eigenvalue weighted by Crippen LogP contribution is -2.17. The predicted octanol–water partition coefficient (Wildman–Crippen LogP) is 1.75. The molecule has 2 rings (SSSR count). The lowest BCUT2D eigenvalue weighted by Gasteiger charge is -2.05. The number of benzene rings is 1. The quantitative estimate of drug-likeness (QED) is 0.678. The molecule has 1 N–H and O–H groups in total. The topological polar surface area (TPSA) is 84.8 Å². The number of oxime groups is 1. The second-order valence-electron chi connectivity index (χ2n) is 4.23. The Bertz CT molecular complexity index is 614. The van der Waals surface area contributed by atoms with Gasteiger partial charge in [0.25, 0.3) is 0 Å². The molecule has 1 aliphatic heterocycles. The number of hydrogen-bond acceptors (Lipinski definition) is 6. The minimum atomic E-state index is -3.13. The smallest absolute Gasteiger partial charge is 0.298 e. The molecule has 0 spiro atoms. The van der Waals surface area contributed by atoms with Gasteiger partial charge in [0.2, 0.25) is 0 Å². The van der Waals surface area contributed by atoms with E-state index in [1.165, 1.54) is 11.8 Å². The zero-order chi connectivity index (χ0) is 14.6. The summed E-state index contributed by atoms with van der Waals surface area (Å²) in [5, 5.41) is 5.92. The van der Waals surface area contributed by atoms with Gasteiger partial charge in [0, 0.05) is 5.69 Å². The summed E-state index contributed by atoms with van der Waals surface area (Å²) in [6.45, 7) is 0. The van der Waals surface area contributed by atoms with Crippen LogP contribution in [0.5, 0.6) is 0 Å². The molecule has 108 valence electrons. The van der Waals surface area contributed by atoms with Crippen LogP contribution in [0.3, 0.4) is 0 Å². The van der Waals surface area contributed by atoms with Gasteiger partial charge < -0.3 is 0 Å². The lowest BCUT2D eigenvalue weighted by molar-refractivity contribution is 0.166. The summed E-state index contributed by atoms with van der Waals surface area (Å²) in [4.78, 5) is 16.2.